The number of nitrogens with zero attached hydrogens (tertiary/aromatic N) is 2. The van der Waals surface area contributed by atoms with Crippen LogP contribution in [0.4, 0.5) is 10.8 Å². The number of hydrogen-bond donors (Lipinski definition) is 2. The Morgan fingerprint density at radius 2 is 2.06 bits per heavy atom. The van der Waals surface area contributed by atoms with E-state index in [4.69, 9.17) is 23.2 Å². The van der Waals surface area contributed by atoms with Gasteiger partial charge in [-0.25, -0.2) is 4.98 Å². The number of thioether (sulfide) groups is 1. The van der Waals surface area contributed by atoms with Crippen molar-refractivity contribution in [3.63, 3.8) is 0 Å². The number of benzene rings is 1. The van der Waals surface area contributed by atoms with Crippen LogP contribution in [0.5, 0.6) is 0 Å². The molecule has 168 valence electrons. The van der Waals surface area contributed by atoms with E-state index >= 15 is 0 Å². The van der Waals surface area contributed by atoms with E-state index in [1.807, 2.05) is 12.3 Å². The monoisotopic (exact) mass is 530 g/mol. The highest BCUT2D eigenvalue weighted by Gasteiger charge is 2.24. The predicted molar refractivity (Wildman–Crippen MR) is 131 cm³/mol. The zero-order valence-electron chi connectivity index (χ0n) is 16.5. The van der Waals surface area contributed by atoms with Crippen LogP contribution in [0.1, 0.15) is 16.8 Å². The summed E-state index contributed by atoms with van der Waals surface area (Å²) in [6.07, 6.45) is 2.23. The van der Waals surface area contributed by atoms with Crippen LogP contribution in [-0.4, -0.2) is 39.8 Å². The second kappa shape index (κ2) is 11.1. The van der Waals surface area contributed by atoms with Crippen molar-refractivity contribution in [3.8, 4) is 10.6 Å². The first kappa shape index (κ1) is 24.5. The Hall–Kier alpha value is -2.18. The predicted octanol–water partition coefficient (Wildman–Crippen LogP) is 5.58. The normalized spacial score (nSPS) is 11.7. The minimum atomic E-state index is -0.881. The van der Waals surface area contributed by atoms with E-state index < -0.39 is 22.8 Å². The van der Waals surface area contributed by atoms with E-state index in [9.17, 15) is 19.7 Å². The zero-order valence-corrected chi connectivity index (χ0v) is 20.4. The lowest BCUT2D eigenvalue weighted by atomic mass is 10.1. The molecule has 2 heterocycles. The third-order valence-electron chi connectivity index (χ3n) is 4.20. The molecule has 3 rings (SSSR count). The molecule has 0 bridgehead atoms. The van der Waals surface area contributed by atoms with Crippen molar-refractivity contribution < 1.29 is 14.5 Å². The van der Waals surface area contributed by atoms with Gasteiger partial charge in [0.25, 0.3) is 11.6 Å². The summed E-state index contributed by atoms with van der Waals surface area (Å²) in [4.78, 5) is 41.3. The largest absolute Gasteiger partial charge is 0.340 e. The summed E-state index contributed by atoms with van der Waals surface area (Å²) in [6, 6.07) is 6.30. The number of anilines is 1. The highest BCUT2D eigenvalue weighted by molar-refractivity contribution is 7.98. The SMILES string of the molecule is CSCC[C@H](NC(=O)c1cc([N+](=O)[O-])ccc1Cl)C(=O)Nc1nc(-c2ccc(Cl)s2)cs1. The molecule has 2 aromatic heterocycles. The lowest BCUT2D eigenvalue weighted by Gasteiger charge is -2.17. The van der Waals surface area contributed by atoms with Crippen molar-refractivity contribution in [2.24, 2.45) is 0 Å². The number of carbonyl (C=O) groups excluding carboxylic acids is 2. The van der Waals surface area contributed by atoms with Gasteiger partial charge in [0.05, 0.1) is 30.4 Å². The average Bonchev–Trinajstić information content (AvgIpc) is 3.39. The lowest BCUT2D eigenvalue weighted by molar-refractivity contribution is -0.384. The minimum absolute atomic E-state index is 0.0521. The van der Waals surface area contributed by atoms with E-state index in [0.29, 0.717) is 27.3 Å². The quantitative estimate of drug-likeness (QED) is 0.275. The number of hydrogen-bond acceptors (Lipinski definition) is 8. The van der Waals surface area contributed by atoms with Gasteiger partial charge in [-0.05, 0) is 36.6 Å². The van der Waals surface area contributed by atoms with Crippen molar-refractivity contribution in [1.29, 1.82) is 0 Å². The molecule has 2 amide bonds. The third-order valence-corrected chi connectivity index (χ3v) is 7.18. The van der Waals surface area contributed by atoms with Crippen LogP contribution < -0.4 is 10.6 Å². The molecule has 13 heteroatoms. The fraction of sp³-hybridized carbons (Fsp3) is 0.211. The summed E-state index contributed by atoms with van der Waals surface area (Å²) in [5.41, 5.74) is 0.345. The maximum absolute atomic E-state index is 12.9. The van der Waals surface area contributed by atoms with Crippen molar-refractivity contribution in [1.82, 2.24) is 10.3 Å². The van der Waals surface area contributed by atoms with Crippen LogP contribution in [0.15, 0.2) is 35.7 Å². The minimum Gasteiger partial charge on any atom is -0.340 e. The first-order chi connectivity index (χ1) is 15.3. The van der Waals surface area contributed by atoms with Crippen molar-refractivity contribution in [3.05, 3.63) is 60.7 Å². The maximum Gasteiger partial charge on any atom is 0.270 e. The van der Waals surface area contributed by atoms with Gasteiger partial charge in [0.15, 0.2) is 5.13 Å². The molecule has 0 unspecified atom stereocenters. The van der Waals surface area contributed by atoms with Gasteiger partial charge in [-0.15, -0.1) is 22.7 Å². The van der Waals surface area contributed by atoms with Crippen LogP contribution in [-0.2, 0) is 4.79 Å². The third kappa shape index (κ3) is 6.20. The number of aromatic nitrogens is 1. The van der Waals surface area contributed by atoms with Crippen LogP contribution in [0.3, 0.4) is 0 Å². The first-order valence-electron chi connectivity index (χ1n) is 9.04. The molecule has 1 aromatic carbocycles. The lowest BCUT2D eigenvalue weighted by Crippen LogP contribution is -2.44. The number of thiophene rings is 1. The first-order valence-corrected chi connectivity index (χ1v) is 12.9. The Morgan fingerprint density at radius 3 is 2.72 bits per heavy atom. The molecule has 0 saturated heterocycles. The number of rotatable bonds is 9. The molecule has 0 saturated carbocycles. The number of nitrogens with one attached hydrogen (secondary N) is 2. The Labute approximate surface area is 205 Å². The fourth-order valence-corrected chi connectivity index (χ4v) is 5.10. The van der Waals surface area contributed by atoms with Crippen LogP contribution >= 0.6 is 57.6 Å². The summed E-state index contributed by atoms with van der Waals surface area (Å²) in [7, 11) is 0. The Morgan fingerprint density at radius 1 is 1.28 bits per heavy atom. The summed E-state index contributed by atoms with van der Waals surface area (Å²) < 4.78 is 0.637. The van der Waals surface area contributed by atoms with Crippen LogP contribution in [0.25, 0.3) is 10.6 Å². The van der Waals surface area contributed by atoms with E-state index in [1.165, 1.54) is 46.6 Å². The molecule has 1 atom stereocenters. The second-order valence-electron chi connectivity index (χ2n) is 6.36. The van der Waals surface area contributed by atoms with Gasteiger partial charge < -0.3 is 10.6 Å². The Kier molecular flexibility index (Phi) is 8.49. The summed E-state index contributed by atoms with van der Waals surface area (Å²) >= 11 is 16.2. The molecule has 8 nitrogen and oxygen atoms in total. The Balaban J connectivity index is 1.74. The molecule has 0 aliphatic heterocycles. The topological polar surface area (TPSA) is 114 Å². The van der Waals surface area contributed by atoms with E-state index in [0.717, 1.165) is 10.9 Å². The summed E-state index contributed by atoms with van der Waals surface area (Å²) in [5, 5.41) is 18.6. The van der Waals surface area contributed by atoms with Crippen LogP contribution in [0.2, 0.25) is 9.36 Å². The molecule has 0 spiro atoms. The number of nitro benzene ring substituents is 1. The molecule has 2 N–H and O–H groups in total. The molecule has 0 fully saturated rings. The maximum atomic E-state index is 12.9. The number of nitro groups is 1. The number of thiazole rings is 1. The molecular formula is C19H16Cl2N4O4S3. The standard InChI is InChI=1S/C19H16Cl2N4O4S3/c1-30-7-6-13(22-17(26)11-8-10(25(28)29)2-3-12(11)20)18(27)24-19-23-14(9-31-19)15-4-5-16(21)32-15/h2-5,8-9,13H,6-7H2,1H3,(H,22,26)(H,23,24,27)/t13-/m0/s1. The second-order valence-corrected chi connectivity index (χ2v) is 10.3. The van der Waals surface area contributed by atoms with Crippen molar-refractivity contribution in [2.45, 2.75) is 12.5 Å². The average molecular weight is 531 g/mol. The molecule has 3 aromatic rings. The molecule has 0 aliphatic carbocycles. The highest BCUT2D eigenvalue weighted by Crippen LogP contribution is 2.33. The number of amides is 2. The van der Waals surface area contributed by atoms with Gasteiger partial charge in [0.2, 0.25) is 5.91 Å². The number of non-ortho nitro benzene ring substituents is 1. The van der Waals surface area contributed by atoms with E-state index in [2.05, 4.69) is 15.6 Å². The fourth-order valence-electron chi connectivity index (χ4n) is 2.63. The van der Waals surface area contributed by atoms with Crippen molar-refractivity contribution in [2.75, 3.05) is 17.3 Å². The number of halogens is 2. The smallest absolute Gasteiger partial charge is 0.270 e. The summed E-state index contributed by atoms with van der Waals surface area (Å²) in [5.74, 6) is -0.509. The van der Waals surface area contributed by atoms with Gasteiger partial charge in [0, 0.05) is 17.5 Å². The molecular weight excluding hydrogens is 515 g/mol. The number of carbonyl (C=O) groups is 2. The zero-order chi connectivity index (χ0) is 23.3. The molecule has 32 heavy (non-hydrogen) atoms. The molecule has 0 radical (unpaired) electrons. The van der Waals surface area contributed by atoms with Gasteiger partial charge >= 0.3 is 0 Å². The van der Waals surface area contributed by atoms with E-state index in [-0.39, 0.29) is 16.3 Å². The van der Waals surface area contributed by atoms with Crippen LogP contribution in [0, 0.1) is 10.1 Å². The van der Waals surface area contributed by atoms with Gasteiger partial charge in [0.1, 0.15) is 6.04 Å². The van der Waals surface area contributed by atoms with E-state index in [1.54, 1.807) is 11.4 Å². The Bertz CT molecular complexity index is 1150. The van der Waals surface area contributed by atoms with Gasteiger partial charge in [-0.2, -0.15) is 11.8 Å². The van der Waals surface area contributed by atoms with Gasteiger partial charge in [-0.1, -0.05) is 23.2 Å². The van der Waals surface area contributed by atoms with Gasteiger partial charge in [-0.3, -0.25) is 19.7 Å². The summed E-state index contributed by atoms with van der Waals surface area (Å²) in [6.45, 7) is 0. The molecule has 0 aliphatic rings. The highest BCUT2D eigenvalue weighted by atomic mass is 35.5. The van der Waals surface area contributed by atoms with Crippen molar-refractivity contribution >= 4 is 80.3 Å².